The molecule has 7 heteroatoms. The fraction of sp³-hybridized carbons (Fsp3) is 0. The molecule has 0 aliphatic heterocycles. The molecule has 0 saturated carbocycles. The van der Waals surface area contributed by atoms with E-state index in [2.05, 4.69) is 10.3 Å². The highest BCUT2D eigenvalue weighted by atomic mass is 19.1. The van der Waals surface area contributed by atoms with Crippen molar-refractivity contribution in [1.82, 2.24) is 4.98 Å². The summed E-state index contributed by atoms with van der Waals surface area (Å²) in [6, 6.07) is 5.75. The molecule has 0 atom stereocenters. The van der Waals surface area contributed by atoms with Crippen LogP contribution in [-0.4, -0.2) is 15.8 Å². The Bertz CT molecular complexity index is 631. The second-order valence-corrected chi connectivity index (χ2v) is 3.61. The van der Waals surface area contributed by atoms with Gasteiger partial charge in [-0.3, -0.25) is 19.9 Å². The van der Waals surface area contributed by atoms with Crippen molar-refractivity contribution >= 4 is 17.3 Å². The molecule has 0 spiro atoms. The summed E-state index contributed by atoms with van der Waals surface area (Å²) in [5.41, 5.74) is -0.367. The Labute approximate surface area is 107 Å². The van der Waals surface area contributed by atoms with Crippen LogP contribution in [0.4, 0.5) is 15.8 Å². The van der Waals surface area contributed by atoms with E-state index in [0.29, 0.717) is 5.69 Å². The Morgan fingerprint density at radius 1 is 1.26 bits per heavy atom. The van der Waals surface area contributed by atoms with Crippen LogP contribution in [0.1, 0.15) is 10.4 Å². The zero-order valence-corrected chi connectivity index (χ0v) is 9.54. The summed E-state index contributed by atoms with van der Waals surface area (Å²) in [5.74, 6) is -1.47. The standard InChI is InChI=1S/C12H8FN3O3/c13-8-1-2-11(16(18)19)10(7-8)12(17)15-9-3-5-14-6-4-9/h1-7H,(H,14,15,17). The van der Waals surface area contributed by atoms with Gasteiger partial charge in [-0.1, -0.05) is 0 Å². The van der Waals surface area contributed by atoms with Crippen molar-refractivity contribution in [2.24, 2.45) is 0 Å². The van der Waals surface area contributed by atoms with Gasteiger partial charge >= 0.3 is 0 Å². The lowest BCUT2D eigenvalue weighted by Gasteiger charge is -2.05. The Morgan fingerprint density at radius 3 is 2.58 bits per heavy atom. The first kappa shape index (κ1) is 12.6. The molecule has 0 fully saturated rings. The Balaban J connectivity index is 2.33. The van der Waals surface area contributed by atoms with Gasteiger partial charge in [0.1, 0.15) is 11.4 Å². The summed E-state index contributed by atoms with van der Waals surface area (Å²) in [4.78, 5) is 25.7. The first-order chi connectivity index (χ1) is 9.08. The van der Waals surface area contributed by atoms with E-state index in [1.807, 2.05) is 0 Å². The summed E-state index contributed by atoms with van der Waals surface area (Å²) in [7, 11) is 0. The molecule has 1 heterocycles. The van der Waals surface area contributed by atoms with E-state index in [1.54, 1.807) is 0 Å². The highest BCUT2D eigenvalue weighted by Crippen LogP contribution is 2.20. The van der Waals surface area contributed by atoms with Gasteiger partial charge in [-0.15, -0.1) is 0 Å². The fourth-order valence-corrected chi connectivity index (χ4v) is 1.48. The summed E-state index contributed by atoms with van der Waals surface area (Å²) < 4.78 is 13.1. The maximum absolute atomic E-state index is 13.1. The molecule has 19 heavy (non-hydrogen) atoms. The number of benzene rings is 1. The van der Waals surface area contributed by atoms with Crippen molar-refractivity contribution in [2.75, 3.05) is 5.32 Å². The van der Waals surface area contributed by atoms with Crippen LogP contribution in [0.25, 0.3) is 0 Å². The lowest BCUT2D eigenvalue weighted by Crippen LogP contribution is -2.14. The number of pyridine rings is 1. The minimum Gasteiger partial charge on any atom is -0.322 e. The quantitative estimate of drug-likeness (QED) is 0.679. The third-order valence-corrected chi connectivity index (χ3v) is 2.34. The van der Waals surface area contributed by atoms with Gasteiger partial charge in [-0.2, -0.15) is 0 Å². The van der Waals surface area contributed by atoms with Crippen molar-refractivity contribution in [3.63, 3.8) is 0 Å². The minimum absolute atomic E-state index is 0.332. The number of hydrogen-bond donors (Lipinski definition) is 1. The molecule has 0 aliphatic rings. The minimum atomic E-state index is -0.752. The molecule has 0 bridgehead atoms. The highest BCUT2D eigenvalue weighted by Gasteiger charge is 2.20. The molecule has 2 rings (SSSR count). The van der Waals surface area contributed by atoms with Gasteiger partial charge in [-0.05, 0) is 24.3 Å². The van der Waals surface area contributed by atoms with E-state index in [4.69, 9.17) is 0 Å². The maximum Gasteiger partial charge on any atom is 0.282 e. The number of nitrogens with one attached hydrogen (secondary N) is 1. The molecule has 0 unspecified atom stereocenters. The second kappa shape index (κ2) is 5.21. The predicted molar refractivity (Wildman–Crippen MR) is 65.2 cm³/mol. The number of anilines is 1. The van der Waals surface area contributed by atoms with Crippen LogP contribution in [0, 0.1) is 15.9 Å². The zero-order valence-electron chi connectivity index (χ0n) is 9.54. The van der Waals surface area contributed by atoms with E-state index in [0.717, 1.165) is 18.2 Å². The lowest BCUT2D eigenvalue weighted by molar-refractivity contribution is -0.385. The Kier molecular flexibility index (Phi) is 3.46. The maximum atomic E-state index is 13.1. The predicted octanol–water partition coefficient (Wildman–Crippen LogP) is 2.38. The molecule has 1 aromatic carbocycles. The third kappa shape index (κ3) is 2.89. The lowest BCUT2D eigenvalue weighted by atomic mass is 10.1. The van der Waals surface area contributed by atoms with Gasteiger partial charge < -0.3 is 5.32 Å². The monoisotopic (exact) mass is 261 g/mol. The number of nitrogens with zero attached hydrogens (tertiary/aromatic N) is 2. The number of nitro groups is 1. The average molecular weight is 261 g/mol. The normalized spacial score (nSPS) is 9.95. The number of nitro benzene ring substituents is 1. The number of hydrogen-bond acceptors (Lipinski definition) is 4. The average Bonchev–Trinajstić information content (AvgIpc) is 2.39. The third-order valence-electron chi connectivity index (χ3n) is 2.34. The molecular formula is C12H8FN3O3. The van der Waals surface area contributed by atoms with E-state index >= 15 is 0 Å². The smallest absolute Gasteiger partial charge is 0.282 e. The van der Waals surface area contributed by atoms with Gasteiger partial charge in [0.25, 0.3) is 11.6 Å². The first-order valence-electron chi connectivity index (χ1n) is 5.23. The summed E-state index contributed by atoms with van der Waals surface area (Å²) >= 11 is 0. The van der Waals surface area contributed by atoms with Crippen LogP contribution in [0.15, 0.2) is 42.7 Å². The van der Waals surface area contributed by atoms with E-state index in [1.165, 1.54) is 24.5 Å². The fourth-order valence-electron chi connectivity index (χ4n) is 1.48. The summed E-state index contributed by atoms with van der Waals surface area (Å²) in [6.45, 7) is 0. The van der Waals surface area contributed by atoms with Gasteiger partial charge in [0, 0.05) is 24.1 Å². The zero-order chi connectivity index (χ0) is 13.8. The van der Waals surface area contributed by atoms with Gasteiger partial charge in [0.05, 0.1) is 4.92 Å². The molecule has 1 N–H and O–H groups in total. The number of amides is 1. The Morgan fingerprint density at radius 2 is 1.95 bits per heavy atom. The Hall–Kier alpha value is -2.83. The topological polar surface area (TPSA) is 85.1 Å². The van der Waals surface area contributed by atoms with Crippen LogP contribution < -0.4 is 5.32 Å². The van der Waals surface area contributed by atoms with E-state index < -0.39 is 22.3 Å². The molecular weight excluding hydrogens is 253 g/mol. The summed E-state index contributed by atoms with van der Waals surface area (Å²) in [5, 5.41) is 13.2. The molecule has 96 valence electrons. The molecule has 1 aromatic heterocycles. The molecule has 1 amide bonds. The molecule has 0 saturated heterocycles. The molecule has 0 radical (unpaired) electrons. The first-order valence-corrected chi connectivity index (χ1v) is 5.23. The van der Waals surface area contributed by atoms with Crippen LogP contribution in [0.2, 0.25) is 0 Å². The van der Waals surface area contributed by atoms with Crippen molar-refractivity contribution in [3.8, 4) is 0 Å². The number of rotatable bonds is 3. The van der Waals surface area contributed by atoms with Crippen LogP contribution in [0.5, 0.6) is 0 Å². The van der Waals surface area contributed by atoms with Crippen molar-refractivity contribution in [2.45, 2.75) is 0 Å². The SMILES string of the molecule is O=C(Nc1ccncc1)c1cc(F)ccc1[N+](=O)[O-]. The number of aromatic nitrogens is 1. The van der Waals surface area contributed by atoms with E-state index in [-0.39, 0.29) is 5.56 Å². The van der Waals surface area contributed by atoms with Crippen LogP contribution >= 0.6 is 0 Å². The molecule has 2 aromatic rings. The van der Waals surface area contributed by atoms with Gasteiger partial charge in [0.2, 0.25) is 0 Å². The van der Waals surface area contributed by atoms with E-state index in [9.17, 15) is 19.3 Å². The second-order valence-electron chi connectivity index (χ2n) is 3.61. The molecule has 0 aliphatic carbocycles. The molecule has 6 nitrogen and oxygen atoms in total. The van der Waals surface area contributed by atoms with Gasteiger partial charge in [-0.25, -0.2) is 4.39 Å². The largest absolute Gasteiger partial charge is 0.322 e. The highest BCUT2D eigenvalue weighted by molar-refractivity contribution is 6.07. The number of halogens is 1. The number of carbonyl (C=O) groups is 1. The van der Waals surface area contributed by atoms with Crippen molar-refractivity contribution in [3.05, 3.63) is 64.2 Å². The number of carbonyl (C=O) groups excluding carboxylic acids is 1. The van der Waals surface area contributed by atoms with Gasteiger partial charge in [0.15, 0.2) is 0 Å². The van der Waals surface area contributed by atoms with Crippen LogP contribution in [-0.2, 0) is 0 Å². The van der Waals surface area contributed by atoms with Crippen molar-refractivity contribution in [1.29, 1.82) is 0 Å². The van der Waals surface area contributed by atoms with Crippen molar-refractivity contribution < 1.29 is 14.1 Å². The van der Waals surface area contributed by atoms with Crippen LogP contribution in [0.3, 0.4) is 0 Å². The summed E-state index contributed by atoms with van der Waals surface area (Å²) in [6.07, 6.45) is 2.91.